The van der Waals surface area contributed by atoms with E-state index in [1.54, 1.807) is 25.2 Å². The van der Waals surface area contributed by atoms with E-state index in [9.17, 15) is 19.2 Å². The standard InChI is InChI=1S/C46H40N4O4S/c1-25-31(41(51)49(5)43(53)39(25)47-3)21-29-17-27-19-37-33(23-35(27)45(29)13-9-7-10-14-45)34-24-36-28(20-38(34)55-37)18-30(46(36)15-11-8-12-16-46)22-32-26(2)40(48-4)44(54)50(6)42(32)52/h17-24H,7-16H2,1-2,5-6H3/b31-21-,32-22+. The van der Waals surface area contributed by atoms with E-state index in [-0.39, 0.29) is 34.0 Å². The summed E-state index contributed by atoms with van der Waals surface area (Å²) in [6.07, 6.45) is 18.9. The highest BCUT2D eigenvalue weighted by atomic mass is 32.1. The van der Waals surface area contributed by atoms with Gasteiger partial charge in [0.1, 0.15) is 0 Å². The summed E-state index contributed by atoms with van der Waals surface area (Å²) >= 11 is 1.78. The summed E-state index contributed by atoms with van der Waals surface area (Å²) < 4.78 is 2.41. The quantitative estimate of drug-likeness (QED) is 0.149. The first-order chi connectivity index (χ1) is 26.4. The van der Waals surface area contributed by atoms with Gasteiger partial charge in [-0.05, 0) is 120 Å². The van der Waals surface area contributed by atoms with E-state index in [0.29, 0.717) is 22.3 Å². The van der Waals surface area contributed by atoms with Crippen LogP contribution in [0.5, 0.6) is 0 Å². The summed E-state index contributed by atoms with van der Waals surface area (Å²) in [4.78, 5) is 61.6. The smallest absolute Gasteiger partial charge is 0.259 e. The topological polar surface area (TPSA) is 83.5 Å². The third-order valence-electron chi connectivity index (χ3n) is 13.4. The highest BCUT2D eigenvalue weighted by molar-refractivity contribution is 7.25. The van der Waals surface area contributed by atoms with E-state index in [2.05, 4.69) is 46.1 Å². The number of hydrogen-bond donors (Lipinski definition) is 0. The molecule has 0 N–H and O–H groups in total. The minimum absolute atomic E-state index is 0.00116. The number of carbonyl (C=O) groups is 4. The molecule has 2 saturated carbocycles. The molecule has 2 aromatic carbocycles. The fraction of sp³-hybridized carbons (Fsp3) is 0.348. The zero-order valence-corrected chi connectivity index (χ0v) is 32.3. The zero-order chi connectivity index (χ0) is 38.6. The van der Waals surface area contributed by atoms with Gasteiger partial charge in [0.2, 0.25) is 0 Å². The predicted molar refractivity (Wildman–Crippen MR) is 215 cm³/mol. The molecule has 6 aliphatic rings. The first-order valence-corrected chi connectivity index (χ1v) is 20.0. The molecule has 9 heteroatoms. The average Bonchev–Trinajstić information content (AvgIpc) is 3.78. The third-order valence-corrected chi connectivity index (χ3v) is 14.5. The van der Waals surface area contributed by atoms with Gasteiger partial charge < -0.3 is 0 Å². The normalized spacial score (nSPS) is 23.4. The van der Waals surface area contributed by atoms with Crippen LogP contribution in [0.25, 0.3) is 42.0 Å². The number of benzene rings is 2. The van der Waals surface area contributed by atoms with Crippen LogP contribution < -0.4 is 0 Å². The summed E-state index contributed by atoms with van der Waals surface area (Å²) in [6, 6.07) is 9.43. The molecular weight excluding hydrogens is 705 g/mol. The molecule has 1 aromatic heterocycles. The van der Waals surface area contributed by atoms with Gasteiger partial charge in [0.05, 0.1) is 13.1 Å². The Morgan fingerprint density at radius 2 is 0.982 bits per heavy atom. The Labute approximate surface area is 324 Å². The van der Waals surface area contributed by atoms with Crippen LogP contribution in [-0.2, 0) is 30.0 Å². The Morgan fingerprint density at radius 1 is 0.600 bits per heavy atom. The third kappa shape index (κ3) is 4.85. The van der Waals surface area contributed by atoms with Crippen molar-refractivity contribution in [3.63, 3.8) is 0 Å². The van der Waals surface area contributed by atoms with E-state index >= 15 is 0 Å². The lowest BCUT2D eigenvalue weighted by Crippen LogP contribution is -2.39. The Balaban J connectivity index is 1.19. The van der Waals surface area contributed by atoms with Crippen LogP contribution in [0.15, 0.2) is 81.3 Å². The van der Waals surface area contributed by atoms with E-state index in [1.165, 1.54) is 56.5 Å². The van der Waals surface area contributed by atoms with E-state index in [1.807, 2.05) is 12.2 Å². The van der Waals surface area contributed by atoms with Gasteiger partial charge in [-0.2, -0.15) is 0 Å². The zero-order valence-electron chi connectivity index (χ0n) is 31.5. The number of fused-ring (bicyclic) bond motifs is 7. The molecule has 274 valence electrons. The molecule has 0 bridgehead atoms. The SMILES string of the molecule is [C-]#[N+]C1=C(C)/C(=C/C2=Cc3cc4sc5cc6c(cc5c4cc3C23CCCCC3)C2(CCCCC2)C(/C=C2/C(=O)N(C)C(=O)C([N+]#[C-])=C2C)=C6)C(=O)N(C)C1=O. The molecule has 0 unspecified atom stereocenters. The monoisotopic (exact) mass is 744 g/mol. The number of rotatable bonds is 2. The molecule has 3 heterocycles. The highest BCUT2D eigenvalue weighted by Crippen LogP contribution is 2.56. The van der Waals surface area contributed by atoms with Crippen LogP contribution in [0.2, 0.25) is 0 Å². The van der Waals surface area contributed by atoms with Crippen LogP contribution in [0.4, 0.5) is 0 Å². The maximum absolute atomic E-state index is 13.5. The molecule has 8 nitrogen and oxygen atoms in total. The van der Waals surface area contributed by atoms with Crippen LogP contribution in [-0.4, -0.2) is 47.5 Å². The van der Waals surface area contributed by atoms with Gasteiger partial charge in [-0.25, -0.2) is 9.69 Å². The van der Waals surface area contributed by atoms with E-state index < -0.39 is 11.8 Å². The van der Waals surface area contributed by atoms with Crippen molar-refractivity contribution in [2.24, 2.45) is 0 Å². The second-order valence-electron chi connectivity index (χ2n) is 16.1. The fourth-order valence-electron chi connectivity index (χ4n) is 10.4. The minimum atomic E-state index is -0.550. The second-order valence-corrected chi connectivity index (χ2v) is 17.2. The molecule has 0 saturated heterocycles. The summed E-state index contributed by atoms with van der Waals surface area (Å²) in [5.74, 6) is -1.84. The molecule has 0 radical (unpaired) electrons. The van der Waals surface area contributed by atoms with Crippen molar-refractivity contribution in [1.29, 1.82) is 0 Å². The van der Waals surface area contributed by atoms with Crippen molar-refractivity contribution in [3.8, 4) is 0 Å². The summed E-state index contributed by atoms with van der Waals surface area (Å²) in [5.41, 5.74) is 8.26. The van der Waals surface area contributed by atoms with Gasteiger partial charge in [0.15, 0.2) is 0 Å². The number of imide groups is 2. The number of hydrogen-bond acceptors (Lipinski definition) is 5. The Bertz CT molecular complexity index is 2470. The number of thiophene rings is 1. The van der Waals surface area contributed by atoms with Crippen molar-refractivity contribution in [2.75, 3.05) is 14.1 Å². The molecule has 2 fully saturated rings. The summed E-state index contributed by atoms with van der Waals surface area (Å²) in [5, 5.41) is 2.44. The molecule has 9 rings (SSSR count). The molecule has 4 aliphatic carbocycles. The van der Waals surface area contributed by atoms with Crippen LogP contribution in [0.1, 0.15) is 100 Å². The van der Waals surface area contributed by atoms with Crippen molar-refractivity contribution >= 4 is 67.3 Å². The van der Waals surface area contributed by atoms with E-state index in [4.69, 9.17) is 13.1 Å². The van der Waals surface area contributed by atoms with Gasteiger partial charge in [-0.1, -0.05) is 50.7 Å². The van der Waals surface area contributed by atoms with Gasteiger partial charge >= 0.3 is 0 Å². The van der Waals surface area contributed by atoms with Crippen molar-refractivity contribution < 1.29 is 19.2 Å². The fourth-order valence-corrected chi connectivity index (χ4v) is 11.5. The lowest BCUT2D eigenvalue weighted by Gasteiger charge is -2.37. The van der Waals surface area contributed by atoms with Crippen molar-refractivity contribution in [3.05, 3.63) is 126 Å². The number of allylic oxidation sites excluding steroid dienone is 4. The largest absolute Gasteiger partial charge is 0.287 e. The highest BCUT2D eigenvalue weighted by Gasteiger charge is 2.45. The van der Waals surface area contributed by atoms with Gasteiger partial charge in [-0.3, -0.25) is 29.0 Å². The summed E-state index contributed by atoms with van der Waals surface area (Å²) in [6.45, 7) is 18.7. The van der Waals surface area contributed by atoms with Crippen LogP contribution in [0.3, 0.4) is 0 Å². The lowest BCUT2D eigenvalue weighted by atomic mass is 9.66. The molecule has 4 amide bonds. The van der Waals surface area contributed by atoms with Crippen LogP contribution in [0, 0.1) is 13.1 Å². The predicted octanol–water partition coefficient (Wildman–Crippen LogP) is 9.49. The Kier molecular flexibility index (Phi) is 7.94. The molecular formula is C46H40N4O4S. The van der Waals surface area contributed by atoms with Gasteiger partial charge in [0.25, 0.3) is 35.0 Å². The van der Waals surface area contributed by atoms with Crippen LogP contribution >= 0.6 is 11.3 Å². The molecule has 2 aliphatic heterocycles. The number of nitrogens with zero attached hydrogens (tertiary/aromatic N) is 4. The first kappa shape index (κ1) is 35.1. The van der Waals surface area contributed by atoms with Crippen molar-refractivity contribution in [1.82, 2.24) is 9.80 Å². The number of carbonyl (C=O) groups excluding carboxylic acids is 4. The average molecular weight is 745 g/mol. The van der Waals surface area contributed by atoms with Gasteiger partial charge in [0, 0.05) is 56.2 Å². The Morgan fingerprint density at radius 3 is 1.35 bits per heavy atom. The second kappa shape index (κ2) is 12.4. The first-order valence-electron chi connectivity index (χ1n) is 19.2. The Hall–Kier alpha value is -5.64. The minimum Gasteiger partial charge on any atom is -0.287 e. The number of likely N-dealkylation sites (N-methyl/N-ethyl adjacent to an activating group) is 2. The lowest BCUT2D eigenvalue weighted by molar-refractivity contribution is -0.140. The van der Waals surface area contributed by atoms with E-state index in [0.717, 1.165) is 85.2 Å². The van der Waals surface area contributed by atoms with Gasteiger partial charge in [-0.15, -0.1) is 11.3 Å². The maximum atomic E-state index is 13.5. The van der Waals surface area contributed by atoms with Crippen molar-refractivity contribution in [2.45, 2.75) is 88.9 Å². The molecule has 55 heavy (non-hydrogen) atoms. The summed E-state index contributed by atoms with van der Waals surface area (Å²) in [7, 11) is 2.90. The number of amides is 4. The maximum Gasteiger partial charge on any atom is 0.259 e. The molecule has 2 spiro atoms. The molecule has 0 atom stereocenters. The molecule has 3 aromatic rings.